The lowest BCUT2D eigenvalue weighted by Gasteiger charge is -2.05. The van der Waals surface area contributed by atoms with Crippen LogP contribution < -0.4 is 10.0 Å². The van der Waals surface area contributed by atoms with Gasteiger partial charge in [0.05, 0.1) is 17.6 Å². The van der Waals surface area contributed by atoms with Crippen molar-refractivity contribution in [2.24, 2.45) is 7.05 Å². The molecule has 0 amide bonds. The molecule has 0 spiro atoms. The first-order valence-corrected chi connectivity index (χ1v) is 7.48. The third-order valence-electron chi connectivity index (χ3n) is 2.36. The van der Waals surface area contributed by atoms with Crippen LogP contribution in [0.3, 0.4) is 0 Å². The van der Waals surface area contributed by atoms with E-state index in [1.54, 1.807) is 0 Å². The fraction of sp³-hybridized carbons (Fsp3) is 0.700. The summed E-state index contributed by atoms with van der Waals surface area (Å²) in [5.41, 5.74) is 2.17. The third kappa shape index (κ3) is 5.29. The van der Waals surface area contributed by atoms with Gasteiger partial charge in [-0.25, -0.2) is 13.1 Å². The Morgan fingerprint density at radius 2 is 2.12 bits per heavy atom. The van der Waals surface area contributed by atoms with Crippen molar-refractivity contribution in [2.45, 2.75) is 19.9 Å². The van der Waals surface area contributed by atoms with Crippen LogP contribution in [0.2, 0.25) is 0 Å². The number of nitrogens with one attached hydrogen (secondary N) is 2. The topological polar surface area (TPSA) is 76.0 Å². The van der Waals surface area contributed by atoms with Gasteiger partial charge in [0.2, 0.25) is 10.0 Å². The quantitative estimate of drug-likeness (QED) is 0.655. The minimum atomic E-state index is -3.08. The summed E-state index contributed by atoms with van der Waals surface area (Å²) in [6, 6.07) is 2.05. The highest BCUT2D eigenvalue weighted by atomic mass is 32.2. The van der Waals surface area contributed by atoms with Gasteiger partial charge in [-0.2, -0.15) is 5.10 Å². The molecule has 1 aromatic rings. The number of rotatable bonds is 7. The zero-order valence-corrected chi connectivity index (χ0v) is 11.3. The highest BCUT2D eigenvalue weighted by molar-refractivity contribution is 7.88. The largest absolute Gasteiger partial charge is 0.310 e. The first-order valence-electron chi connectivity index (χ1n) is 5.59. The molecule has 98 valence electrons. The molecule has 0 unspecified atom stereocenters. The maximum Gasteiger partial charge on any atom is 0.208 e. The van der Waals surface area contributed by atoms with Gasteiger partial charge in [-0.05, 0) is 12.5 Å². The molecule has 0 aliphatic carbocycles. The van der Waals surface area contributed by atoms with Gasteiger partial charge >= 0.3 is 0 Å². The molecule has 17 heavy (non-hydrogen) atoms. The second-order valence-corrected chi connectivity index (χ2v) is 5.78. The monoisotopic (exact) mass is 260 g/mol. The van der Waals surface area contributed by atoms with E-state index < -0.39 is 10.0 Å². The van der Waals surface area contributed by atoms with E-state index in [2.05, 4.69) is 28.1 Å². The van der Waals surface area contributed by atoms with Crippen LogP contribution in [0, 0.1) is 0 Å². The smallest absolute Gasteiger partial charge is 0.208 e. The zero-order valence-electron chi connectivity index (χ0n) is 10.5. The van der Waals surface area contributed by atoms with Crippen molar-refractivity contribution in [3.8, 4) is 0 Å². The minimum Gasteiger partial charge on any atom is -0.310 e. The lowest BCUT2D eigenvalue weighted by Crippen LogP contribution is -2.31. The molecule has 2 N–H and O–H groups in total. The number of sulfonamides is 1. The van der Waals surface area contributed by atoms with E-state index in [9.17, 15) is 8.42 Å². The van der Waals surface area contributed by atoms with Crippen molar-refractivity contribution in [1.29, 1.82) is 0 Å². The van der Waals surface area contributed by atoms with Crippen molar-refractivity contribution >= 4 is 10.0 Å². The van der Waals surface area contributed by atoms with Gasteiger partial charge in [0.15, 0.2) is 0 Å². The van der Waals surface area contributed by atoms with E-state index in [-0.39, 0.29) is 0 Å². The summed E-state index contributed by atoms with van der Waals surface area (Å²) in [4.78, 5) is 0. The summed E-state index contributed by atoms with van der Waals surface area (Å²) in [7, 11) is -1.18. The molecule has 0 bridgehead atoms. The average molecular weight is 260 g/mol. The predicted molar refractivity (Wildman–Crippen MR) is 67.1 cm³/mol. The van der Waals surface area contributed by atoms with E-state index >= 15 is 0 Å². The van der Waals surface area contributed by atoms with Crippen LogP contribution >= 0.6 is 0 Å². The van der Waals surface area contributed by atoms with Crippen molar-refractivity contribution < 1.29 is 8.42 Å². The Hall–Kier alpha value is -0.920. The number of hydrogen-bond acceptors (Lipinski definition) is 4. The molecular formula is C10H20N4O2S. The lowest BCUT2D eigenvalue weighted by atomic mass is 10.3. The van der Waals surface area contributed by atoms with Crippen LogP contribution in [0.1, 0.15) is 18.3 Å². The number of nitrogens with zero attached hydrogens (tertiary/aromatic N) is 2. The number of aryl methyl sites for hydroxylation is 2. The fourth-order valence-corrected chi connectivity index (χ4v) is 1.92. The summed E-state index contributed by atoms with van der Waals surface area (Å²) in [5.74, 6) is 0. The molecule has 0 saturated heterocycles. The maximum atomic E-state index is 10.8. The van der Waals surface area contributed by atoms with E-state index in [1.165, 1.54) is 0 Å². The standard InChI is InChI=1S/C10H20N4O2S/c1-4-9-7-10(14(2)13-9)8-11-5-6-12-17(3,15)16/h7,11-12H,4-6,8H2,1-3H3. The van der Waals surface area contributed by atoms with Gasteiger partial charge in [0, 0.05) is 26.7 Å². The Labute approximate surface area is 102 Å². The molecule has 1 heterocycles. The first kappa shape index (κ1) is 14.1. The average Bonchev–Trinajstić information content (AvgIpc) is 2.57. The van der Waals surface area contributed by atoms with Crippen LogP contribution in [0.25, 0.3) is 0 Å². The van der Waals surface area contributed by atoms with Crippen LogP contribution in [0.15, 0.2) is 6.07 Å². The van der Waals surface area contributed by atoms with Gasteiger partial charge in [0.25, 0.3) is 0 Å². The maximum absolute atomic E-state index is 10.8. The van der Waals surface area contributed by atoms with Crippen molar-refractivity contribution in [3.63, 3.8) is 0 Å². The van der Waals surface area contributed by atoms with E-state index in [1.807, 2.05) is 11.7 Å². The summed E-state index contributed by atoms with van der Waals surface area (Å²) in [6.45, 7) is 3.75. The van der Waals surface area contributed by atoms with Gasteiger partial charge in [-0.1, -0.05) is 6.92 Å². The Morgan fingerprint density at radius 1 is 1.41 bits per heavy atom. The van der Waals surface area contributed by atoms with E-state index in [4.69, 9.17) is 0 Å². The second kappa shape index (κ2) is 6.13. The summed E-state index contributed by atoms with van der Waals surface area (Å²) >= 11 is 0. The molecule has 1 aromatic heterocycles. The Morgan fingerprint density at radius 3 is 2.65 bits per heavy atom. The predicted octanol–water partition coefficient (Wildman–Crippen LogP) is -0.379. The minimum absolute atomic E-state index is 0.400. The summed E-state index contributed by atoms with van der Waals surface area (Å²) in [5, 5.41) is 7.50. The molecule has 0 saturated carbocycles. The Bertz CT molecular complexity index is 453. The Kier molecular flexibility index (Phi) is 5.10. The molecule has 0 aromatic carbocycles. The zero-order chi connectivity index (χ0) is 12.9. The van der Waals surface area contributed by atoms with Crippen LogP contribution in [-0.4, -0.2) is 37.5 Å². The van der Waals surface area contributed by atoms with Crippen LogP contribution in [-0.2, 0) is 30.0 Å². The molecule has 0 aliphatic rings. The van der Waals surface area contributed by atoms with Crippen molar-refractivity contribution in [1.82, 2.24) is 19.8 Å². The third-order valence-corrected chi connectivity index (χ3v) is 3.09. The molecule has 6 nitrogen and oxygen atoms in total. The lowest BCUT2D eigenvalue weighted by molar-refractivity contribution is 0.577. The molecule has 0 radical (unpaired) electrons. The highest BCUT2D eigenvalue weighted by Crippen LogP contribution is 2.02. The molecule has 0 aliphatic heterocycles. The SMILES string of the molecule is CCc1cc(CNCCNS(C)(=O)=O)n(C)n1. The Balaban J connectivity index is 2.29. The molecule has 0 atom stereocenters. The normalized spacial score (nSPS) is 11.9. The first-order chi connectivity index (χ1) is 7.92. The summed E-state index contributed by atoms with van der Waals surface area (Å²) < 4.78 is 25.9. The highest BCUT2D eigenvalue weighted by Gasteiger charge is 2.03. The van der Waals surface area contributed by atoms with Gasteiger partial charge < -0.3 is 5.32 Å². The number of hydrogen-bond donors (Lipinski definition) is 2. The van der Waals surface area contributed by atoms with Crippen LogP contribution in [0.5, 0.6) is 0 Å². The molecular weight excluding hydrogens is 240 g/mol. The van der Waals surface area contributed by atoms with Crippen LogP contribution in [0.4, 0.5) is 0 Å². The van der Waals surface area contributed by atoms with Gasteiger partial charge in [-0.3, -0.25) is 4.68 Å². The van der Waals surface area contributed by atoms with Crippen molar-refractivity contribution in [3.05, 3.63) is 17.5 Å². The van der Waals surface area contributed by atoms with Gasteiger partial charge in [0.1, 0.15) is 0 Å². The number of aromatic nitrogens is 2. The molecule has 7 heteroatoms. The fourth-order valence-electron chi connectivity index (χ4n) is 1.45. The summed E-state index contributed by atoms with van der Waals surface area (Å²) in [6.07, 6.45) is 2.07. The molecule has 0 fully saturated rings. The van der Waals surface area contributed by atoms with Gasteiger partial charge in [-0.15, -0.1) is 0 Å². The van der Waals surface area contributed by atoms with Crippen molar-refractivity contribution in [2.75, 3.05) is 19.3 Å². The molecule has 1 rings (SSSR count). The second-order valence-electron chi connectivity index (χ2n) is 3.95. The van der Waals surface area contributed by atoms with E-state index in [0.29, 0.717) is 19.6 Å². The van der Waals surface area contributed by atoms with E-state index in [0.717, 1.165) is 24.1 Å².